The van der Waals surface area contributed by atoms with Crippen molar-refractivity contribution < 1.29 is 0 Å². The molecule has 2 unspecified atom stereocenters. The standard InChI is InChI=1S/C22H20N6/c23-9-19-7-4-8-21(26-19)27-12-17-14-28(15-18(17)13-27)22-11-24-20(10-25-22)16-5-2-1-3-6-16/h1-8,10-11,17-18H,12-15H2. The van der Waals surface area contributed by atoms with E-state index in [4.69, 9.17) is 5.26 Å². The first-order chi connectivity index (χ1) is 13.8. The largest absolute Gasteiger partial charge is 0.356 e. The minimum atomic E-state index is 0.477. The van der Waals surface area contributed by atoms with Crippen molar-refractivity contribution in [3.63, 3.8) is 0 Å². The Morgan fingerprint density at radius 3 is 2.14 bits per heavy atom. The van der Waals surface area contributed by atoms with Gasteiger partial charge in [0.25, 0.3) is 0 Å². The number of rotatable bonds is 3. The lowest BCUT2D eigenvalue weighted by molar-refractivity contribution is 0.533. The molecule has 5 rings (SSSR count). The number of aromatic nitrogens is 3. The van der Waals surface area contributed by atoms with Gasteiger partial charge in [-0.05, 0) is 12.1 Å². The maximum Gasteiger partial charge on any atom is 0.147 e. The molecule has 138 valence electrons. The van der Waals surface area contributed by atoms with Crippen molar-refractivity contribution in [2.75, 3.05) is 36.0 Å². The van der Waals surface area contributed by atoms with Gasteiger partial charge in [0.1, 0.15) is 23.4 Å². The molecule has 2 aliphatic heterocycles. The molecule has 6 heteroatoms. The van der Waals surface area contributed by atoms with Crippen LogP contribution in [0.4, 0.5) is 11.6 Å². The van der Waals surface area contributed by atoms with Crippen molar-refractivity contribution in [3.8, 4) is 17.3 Å². The van der Waals surface area contributed by atoms with E-state index in [1.165, 1.54) is 0 Å². The Bertz CT molecular complexity index is 997. The van der Waals surface area contributed by atoms with E-state index in [9.17, 15) is 0 Å². The van der Waals surface area contributed by atoms with Crippen LogP contribution in [0.25, 0.3) is 11.3 Å². The summed E-state index contributed by atoms with van der Waals surface area (Å²) < 4.78 is 0. The van der Waals surface area contributed by atoms with Gasteiger partial charge in [0.15, 0.2) is 0 Å². The maximum atomic E-state index is 9.07. The lowest BCUT2D eigenvalue weighted by atomic mass is 10.0. The lowest BCUT2D eigenvalue weighted by Crippen LogP contribution is -2.29. The summed E-state index contributed by atoms with van der Waals surface area (Å²) in [7, 11) is 0. The van der Waals surface area contributed by atoms with Gasteiger partial charge in [-0.3, -0.25) is 4.98 Å². The molecule has 2 fully saturated rings. The fraction of sp³-hybridized carbons (Fsp3) is 0.273. The van der Waals surface area contributed by atoms with Gasteiger partial charge in [-0.1, -0.05) is 36.4 Å². The topological polar surface area (TPSA) is 68.9 Å². The quantitative estimate of drug-likeness (QED) is 0.708. The number of fused-ring (bicyclic) bond motifs is 1. The number of nitrogens with zero attached hydrogens (tertiary/aromatic N) is 6. The Kier molecular flexibility index (Phi) is 4.13. The average molecular weight is 368 g/mol. The summed E-state index contributed by atoms with van der Waals surface area (Å²) in [6.45, 7) is 3.91. The Morgan fingerprint density at radius 2 is 1.50 bits per heavy atom. The molecule has 28 heavy (non-hydrogen) atoms. The van der Waals surface area contributed by atoms with Crippen LogP contribution in [0.5, 0.6) is 0 Å². The fourth-order valence-corrected chi connectivity index (χ4v) is 4.27. The van der Waals surface area contributed by atoms with Crippen LogP contribution >= 0.6 is 0 Å². The summed E-state index contributed by atoms with van der Waals surface area (Å²) in [5, 5.41) is 9.07. The van der Waals surface area contributed by atoms with Crippen molar-refractivity contribution in [2.45, 2.75) is 0 Å². The Labute approximate surface area is 164 Å². The number of hydrogen-bond acceptors (Lipinski definition) is 6. The highest BCUT2D eigenvalue weighted by atomic mass is 15.3. The van der Waals surface area contributed by atoms with Gasteiger partial charge < -0.3 is 9.80 Å². The third-order valence-corrected chi connectivity index (χ3v) is 5.69. The van der Waals surface area contributed by atoms with E-state index in [0.29, 0.717) is 17.5 Å². The van der Waals surface area contributed by atoms with Crippen LogP contribution in [0, 0.1) is 23.2 Å². The molecule has 0 aliphatic carbocycles. The summed E-state index contributed by atoms with van der Waals surface area (Å²) in [5.41, 5.74) is 2.46. The van der Waals surface area contributed by atoms with Crippen LogP contribution in [0.1, 0.15) is 5.69 Å². The fourth-order valence-electron chi connectivity index (χ4n) is 4.27. The molecule has 2 saturated heterocycles. The zero-order valence-corrected chi connectivity index (χ0v) is 15.4. The molecule has 3 aromatic rings. The molecule has 0 saturated carbocycles. The number of anilines is 2. The highest BCUT2D eigenvalue weighted by molar-refractivity contribution is 5.58. The van der Waals surface area contributed by atoms with Crippen molar-refractivity contribution in [3.05, 3.63) is 66.6 Å². The third-order valence-electron chi connectivity index (χ3n) is 5.69. The van der Waals surface area contributed by atoms with Crippen LogP contribution in [0.2, 0.25) is 0 Å². The summed E-state index contributed by atoms with van der Waals surface area (Å²) in [4.78, 5) is 18.4. The Morgan fingerprint density at radius 1 is 0.786 bits per heavy atom. The predicted octanol–water partition coefficient (Wildman–Crippen LogP) is 2.98. The molecular weight excluding hydrogens is 348 g/mol. The second kappa shape index (κ2) is 6.93. The molecule has 0 amide bonds. The van der Waals surface area contributed by atoms with E-state index < -0.39 is 0 Å². The molecular formula is C22H20N6. The van der Waals surface area contributed by atoms with Gasteiger partial charge in [0.2, 0.25) is 0 Å². The van der Waals surface area contributed by atoms with Crippen molar-refractivity contribution in [2.24, 2.45) is 11.8 Å². The van der Waals surface area contributed by atoms with E-state index in [-0.39, 0.29) is 0 Å². The summed E-state index contributed by atoms with van der Waals surface area (Å²) in [6.07, 6.45) is 3.75. The van der Waals surface area contributed by atoms with E-state index in [1.54, 1.807) is 6.07 Å². The molecule has 2 atom stereocenters. The smallest absolute Gasteiger partial charge is 0.147 e. The number of hydrogen-bond donors (Lipinski definition) is 0. The van der Waals surface area contributed by atoms with Crippen molar-refractivity contribution >= 4 is 11.6 Å². The molecule has 2 aromatic heterocycles. The van der Waals surface area contributed by atoms with Gasteiger partial charge in [0, 0.05) is 43.6 Å². The molecule has 4 heterocycles. The minimum Gasteiger partial charge on any atom is -0.356 e. The van der Waals surface area contributed by atoms with E-state index in [1.807, 2.05) is 54.9 Å². The molecule has 1 aromatic carbocycles. The predicted molar refractivity (Wildman–Crippen MR) is 108 cm³/mol. The van der Waals surface area contributed by atoms with Crippen molar-refractivity contribution in [1.82, 2.24) is 15.0 Å². The minimum absolute atomic E-state index is 0.477. The van der Waals surface area contributed by atoms with Gasteiger partial charge in [-0.2, -0.15) is 5.26 Å². The summed E-state index contributed by atoms with van der Waals surface area (Å²) in [5.74, 6) is 3.03. The van der Waals surface area contributed by atoms with Crippen molar-refractivity contribution in [1.29, 1.82) is 5.26 Å². The Hall–Kier alpha value is -3.46. The third kappa shape index (κ3) is 3.05. The molecule has 0 radical (unpaired) electrons. The first kappa shape index (κ1) is 16.7. The summed E-state index contributed by atoms with van der Waals surface area (Å²) >= 11 is 0. The first-order valence-electron chi connectivity index (χ1n) is 9.54. The zero-order chi connectivity index (χ0) is 18.9. The second-order valence-electron chi connectivity index (χ2n) is 7.45. The highest BCUT2D eigenvalue weighted by Crippen LogP contribution is 2.35. The number of benzene rings is 1. The van der Waals surface area contributed by atoms with Gasteiger partial charge in [-0.25, -0.2) is 9.97 Å². The molecule has 2 aliphatic rings. The lowest BCUT2D eigenvalue weighted by Gasteiger charge is -2.23. The Balaban J connectivity index is 1.26. The normalized spacial score (nSPS) is 20.8. The van der Waals surface area contributed by atoms with Crippen LogP contribution in [0.3, 0.4) is 0 Å². The van der Waals surface area contributed by atoms with Crippen LogP contribution < -0.4 is 9.80 Å². The molecule has 0 bridgehead atoms. The number of nitriles is 1. The molecule has 6 nitrogen and oxygen atoms in total. The average Bonchev–Trinajstić information content (AvgIpc) is 3.34. The first-order valence-corrected chi connectivity index (χ1v) is 9.54. The van der Waals surface area contributed by atoms with Crippen LogP contribution in [0.15, 0.2) is 60.9 Å². The van der Waals surface area contributed by atoms with Gasteiger partial charge >= 0.3 is 0 Å². The van der Waals surface area contributed by atoms with E-state index in [2.05, 4.69) is 30.8 Å². The van der Waals surface area contributed by atoms with Gasteiger partial charge in [0.05, 0.1) is 18.1 Å². The molecule has 0 spiro atoms. The van der Waals surface area contributed by atoms with E-state index in [0.717, 1.165) is 49.1 Å². The van der Waals surface area contributed by atoms with Crippen LogP contribution in [-0.4, -0.2) is 41.1 Å². The monoisotopic (exact) mass is 368 g/mol. The van der Waals surface area contributed by atoms with Gasteiger partial charge in [-0.15, -0.1) is 0 Å². The summed E-state index contributed by atoms with van der Waals surface area (Å²) in [6, 6.07) is 17.9. The zero-order valence-electron chi connectivity index (χ0n) is 15.4. The highest BCUT2D eigenvalue weighted by Gasteiger charge is 2.41. The van der Waals surface area contributed by atoms with Crippen LogP contribution in [-0.2, 0) is 0 Å². The SMILES string of the molecule is N#Cc1cccc(N2CC3CN(c4cnc(-c5ccccc5)cn4)CC3C2)n1. The second-order valence-corrected chi connectivity index (χ2v) is 7.45. The maximum absolute atomic E-state index is 9.07. The number of pyridine rings is 1. The molecule has 0 N–H and O–H groups in total. The van der Waals surface area contributed by atoms with E-state index >= 15 is 0 Å².